The van der Waals surface area contributed by atoms with E-state index in [0.29, 0.717) is 12.1 Å². The molecule has 6 nitrogen and oxygen atoms in total. The Morgan fingerprint density at radius 1 is 1.00 bits per heavy atom. The maximum absolute atomic E-state index is 12.9. The van der Waals surface area contributed by atoms with E-state index in [9.17, 15) is 9.59 Å². The molecular weight excluding hydrogens is 416 g/mol. The van der Waals surface area contributed by atoms with E-state index in [0.717, 1.165) is 11.1 Å². The molecule has 0 aliphatic heterocycles. The molecule has 3 N–H and O–H groups in total. The summed E-state index contributed by atoms with van der Waals surface area (Å²) in [6, 6.07) is 22.9. The first kappa shape index (κ1) is 22.2. The normalized spacial score (nSPS) is 10.5. The topological polar surface area (TPSA) is 90.7 Å². The quantitative estimate of drug-likeness (QED) is 0.532. The van der Waals surface area contributed by atoms with Gasteiger partial charge in [-0.3, -0.25) is 9.59 Å². The molecule has 0 atom stereocenters. The number of ether oxygens (including phenoxy) is 2. The number of methoxy groups -OCH3 is 1. The summed E-state index contributed by atoms with van der Waals surface area (Å²) in [5, 5.41) is 3.12. The molecule has 160 valence electrons. The molecule has 0 aliphatic rings. The molecule has 0 heterocycles. The van der Waals surface area contributed by atoms with Crippen molar-refractivity contribution in [1.82, 2.24) is 5.32 Å². The summed E-state index contributed by atoms with van der Waals surface area (Å²) in [4.78, 5) is 23.9. The lowest BCUT2D eigenvalue weighted by atomic mass is 9.91. The van der Waals surface area contributed by atoms with Gasteiger partial charge in [0.1, 0.15) is 0 Å². The van der Waals surface area contributed by atoms with E-state index in [1.54, 1.807) is 0 Å². The minimum absolute atomic E-state index is 0.0121. The predicted octanol–water partition coefficient (Wildman–Crippen LogP) is 3.77. The molecule has 3 aromatic rings. The Balaban J connectivity index is 1.79. The van der Waals surface area contributed by atoms with Crippen LogP contribution in [0.3, 0.4) is 0 Å². The molecule has 3 rings (SSSR count). The lowest BCUT2D eigenvalue weighted by molar-refractivity contribution is -0.119. The molecule has 0 saturated heterocycles. The van der Waals surface area contributed by atoms with Gasteiger partial charge in [-0.25, -0.2) is 0 Å². The van der Waals surface area contributed by atoms with Crippen LogP contribution in [0.2, 0.25) is 5.02 Å². The van der Waals surface area contributed by atoms with Gasteiger partial charge < -0.3 is 20.5 Å². The summed E-state index contributed by atoms with van der Waals surface area (Å²) < 4.78 is 10.6. The number of amides is 2. The Morgan fingerprint density at radius 3 is 2.10 bits per heavy atom. The van der Waals surface area contributed by atoms with Crippen LogP contribution < -0.4 is 20.5 Å². The van der Waals surface area contributed by atoms with Crippen LogP contribution in [0.5, 0.6) is 11.5 Å². The lowest BCUT2D eigenvalue weighted by Crippen LogP contribution is -2.29. The molecule has 31 heavy (non-hydrogen) atoms. The molecule has 0 spiro atoms. The Kier molecular flexibility index (Phi) is 7.51. The molecule has 0 radical (unpaired) electrons. The molecule has 0 bridgehead atoms. The largest absolute Gasteiger partial charge is 0.493 e. The van der Waals surface area contributed by atoms with Gasteiger partial charge in [-0.1, -0.05) is 72.3 Å². The number of rotatable bonds is 9. The van der Waals surface area contributed by atoms with E-state index >= 15 is 0 Å². The smallest absolute Gasteiger partial charge is 0.255 e. The Bertz CT molecular complexity index is 1000. The summed E-state index contributed by atoms with van der Waals surface area (Å²) in [6.07, 6.45) is 0. The first-order valence-electron chi connectivity index (χ1n) is 9.66. The fraction of sp³-hybridized carbons (Fsp3) is 0.167. The van der Waals surface area contributed by atoms with E-state index in [4.69, 9.17) is 26.8 Å². The highest BCUT2D eigenvalue weighted by Gasteiger charge is 2.19. The third kappa shape index (κ3) is 5.77. The standard InChI is InChI=1S/C24H23ClN2O4/c1-30-21-13-18(12-20(25)23(21)31-15-22(26)28)24(29)27-14-19(16-8-4-2-5-9-16)17-10-6-3-7-11-17/h2-13,19H,14-15H2,1H3,(H2,26,28)(H,27,29). The number of halogens is 1. The van der Waals surface area contributed by atoms with Crippen molar-refractivity contribution in [3.05, 3.63) is 94.5 Å². The van der Waals surface area contributed by atoms with E-state index in [1.165, 1.54) is 19.2 Å². The molecule has 2 amide bonds. The van der Waals surface area contributed by atoms with E-state index < -0.39 is 5.91 Å². The van der Waals surface area contributed by atoms with Crippen LogP contribution in [0.1, 0.15) is 27.4 Å². The van der Waals surface area contributed by atoms with Crippen molar-refractivity contribution in [2.75, 3.05) is 20.3 Å². The van der Waals surface area contributed by atoms with E-state index in [1.807, 2.05) is 60.7 Å². The number of hydrogen-bond donors (Lipinski definition) is 2. The van der Waals surface area contributed by atoms with Crippen molar-refractivity contribution in [2.24, 2.45) is 5.73 Å². The Morgan fingerprint density at radius 2 is 1.58 bits per heavy atom. The van der Waals surface area contributed by atoms with Gasteiger partial charge in [-0.15, -0.1) is 0 Å². The number of carbonyl (C=O) groups excluding carboxylic acids is 2. The highest BCUT2D eigenvalue weighted by Crippen LogP contribution is 2.36. The van der Waals surface area contributed by atoms with Gasteiger partial charge >= 0.3 is 0 Å². The molecule has 3 aromatic carbocycles. The predicted molar refractivity (Wildman–Crippen MR) is 120 cm³/mol. The van der Waals surface area contributed by atoms with Crippen LogP contribution in [-0.2, 0) is 4.79 Å². The number of primary amides is 1. The summed E-state index contributed by atoms with van der Waals surface area (Å²) in [6.45, 7) is 0.0458. The number of nitrogens with one attached hydrogen (secondary N) is 1. The second kappa shape index (κ2) is 10.5. The van der Waals surface area contributed by atoms with Crippen LogP contribution in [0.4, 0.5) is 0 Å². The fourth-order valence-electron chi connectivity index (χ4n) is 3.23. The third-order valence-electron chi connectivity index (χ3n) is 4.72. The van der Waals surface area contributed by atoms with Crippen LogP contribution in [0.15, 0.2) is 72.8 Å². The molecule has 0 unspecified atom stereocenters. The molecular formula is C24H23ClN2O4. The first-order valence-corrected chi connectivity index (χ1v) is 10.0. The van der Waals surface area contributed by atoms with Gasteiger partial charge in [0.05, 0.1) is 12.1 Å². The van der Waals surface area contributed by atoms with Crippen molar-refractivity contribution < 1.29 is 19.1 Å². The average molecular weight is 439 g/mol. The Hall–Kier alpha value is -3.51. The summed E-state index contributed by atoms with van der Waals surface area (Å²) in [7, 11) is 1.42. The summed E-state index contributed by atoms with van der Waals surface area (Å²) in [5.74, 6) is -0.569. The summed E-state index contributed by atoms with van der Waals surface area (Å²) in [5.41, 5.74) is 7.62. The molecule has 7 heteroatoms. The van der Waals surface area contributed by atoms with Gasteiger partial charge in [-0.2, -0.15) is 0 Å². The average Bonchev–Trinajstić information content (AvgIpc) is 2.79. The minimum Gasteiger partial charge on any atom is -0.493 e. The fourth-order valence-corrected chi connectivity index (χ4v) is 3.50. The van der Waals surface area contributed by atoms with E-state index in [2.05, 4.69) is 5.32 Å². The lowest BCUT2D eigenvalue weighted by Gasteiger charge is -2.19. The highest BCUT2D eigenvalue weighted by atomic mass is 35.5. The van der Waals surface area contributed by atoms with Crippen LogP contribution in [0, 0.1) is 0 Å². The highest BCUT2D eigenvalue weighted by molar-refractivity contribution is 6.32. The zero-order valence-electron chi connectivity index (χ0n) is 17.0. The summed E-state index contributed by atoms with van der Waals surface area (Å²) >= 11 is 6.26. The zero-order chi connectivity index (χ0) is 22.2. The van der Waals surface area contributed by atoms with E-state index in [-0.39, 0.29) is 35.0 Å². The van der Waals surface area contributed by atoms with Crippen LogP contribution in [0.25, 0.3) is 0 Å². The first-order chi connectivity index (χ1) is 15.0. The third-order valence-corrected chi connectivity index (χ3v) is 5.00. The monoisotopic (exact) mass is 438 g/mol. The molecule has 0 fully saturated rings. The van der Waals surface area contributed by atoms with Crippen molar-refractivity contribution in [2.45, 2.75) is 5.92 Å². The number of nitrogens with two attached hydrogens (primary N) is 1. The van der Waals surface area contributed by atoms with Gasteiger partial charge in [0, 0.05) is 18.0 Å². The van der Waals surface area contributed by atoms with Gasteiger partial charge in [0.15, 0.2) is 18.1 Å². The molecule has 0 aromatic heterocycles. The van der Waals surface area contributed by atoms with Gasteiger partial charge in [0.2, 0.25) is 0 Å². The van der Waals surface area contributed by atoms with Crippen molar-refractivity contribution in [1.29, 1.82) is 0 Å². The van der Waals surface area contributed by atoms with Crippen LogP contribution in [-0.4, -0.2) is 32.1 Å². The Labute approximate surface area is 185 Å². The minimum atomic E-state index is -0.646. The van der Waals surface area contributed by atoms with Crippen molar-refractivity contribution in [3.8, 4) is 11.5 Å². The van der Waals surface area contributed by atoms with Crippen molar-refractivity contribution in [3.63, 3.8) is 0 Å². The van der Waals surface area contributed by atoms with Crippen LogP contribution >= 0.6 is 11.6 Å². The maximum atomic E-state index is 12.9. The number of benzene rings is 3. The van der Waals surface area contributed by atoms with Crippen molar-refractivity contribution >= 4 is 23.4 Å². The number of hydrogen-bond acceptors (Lipinski definition) is 4. The zero-order valence-corrected chi connectivity index (χ0v) is 17.8. The molecule has 0 saturated carbocycles. The molecule has 0 aliphatic carbocycles. The maximum Gasteiger partial charge on any atom is 0.255 e. The SMILES string of the molecule is COc1cc(C(=O)NCC(c2ccccc2)c2ccccc2)cc(Cl)c1OCC(N)=O. The second-order valence-electron chi connectivity index (χ2n) is 6.83. The second-order valence-corrected chi connectivity index (χ2v) is 7.24. The van der Waals surface area contributed by atoms with Gasteiger partial charge in [0.25, 0.3) is 11.8 Å². The van der Waals surface area contributed by atoms with Gasteiger partial charge in [-0.05, 0) is 23.3 Å². The number of carbonyl (C=O) groups is 2.